The van der Waals surface area contributed by atoms with Crippen LogP contribution < -0.4 is 10.9 Å². The largest absolute Gasteiger partial charge is 0.395 e. The zero-order chi connectivity index (χ0) is 32.7. The quantitative estimate of drug-likeness (QED) is 0.286. The van der Waals surface area contributed by atoms with Crippen LogP contribution in [0.5, 0.6) is 0 Å². The lowest BCUT2D eigenvalue weighted by molar-refractivity contribution is 0.0541. The Labute approximate surface area is 268 Å². The molecular formula is C35H39FN4O5S. The van der Waals surface area contributed by atoms with Gasteiger partial charge in [0.05, 0.1) is 18.0 Å². The highest BCUT2D eigenvalue weighted by molar-refractivity contribution is 7.90. The molecule has 1 aliphatic carbocycles. The fourth-order valence-electron chi connectivity index (χ4n) is 6.12. The summed E-state index contributed by atoms with van der Waals surface area (Å²) >= 11 is 0. The SMILES string of the molecule is Cc1c(F)cc(C(=O)NC2CC2)cc1-c1ccc2c(=O)n(Cc3ccc(S(C)(=O)=O)cc3)cc(CN3CCN(C)[C@@H](CO)C3)c2c1. The Morgan fingerprint density at radius 1 is 1.02 bits per heavy atom. The van der Waals surface area contributed by atoms with Crippen LogP contribution in [0.1, 0.15) is 39.9 Å². The number of benzene rings is 3. The van der Waals surface area contributed by atoms with Gasteiger partial charge in [0.2, 0.25) is 0 Å². The molecular weight excluding hydrogens is 607 g/mol. The normalized spacial score (nSPS) is 17.8. The number of fused-ring (bicyclic) bond motifs is 1. The summed E-state index contributed by atoms with van der Waals surface area (Å²) in [5.74, 6) is -0.770. The predicted molar refractivity (Wildman–Crippen MR) is 176 cm³/mol. The van der Waals surface area contributed by atoms with Crippen molar-refractivity contribution in [2.24, 2.45) is 0 Å². The summed E-state index contributed by atoms with van der Waals surface area (Å²) in [6.07, 6.45) is 4.86. The zero-order valence-corrected chi connectivity index (χ0v) is 27.1. The van der Waals surface area contributed by atoms with Crippen LogP contribution in [-0.4, -0.2) is 85.4 Å². The molecule has 0 unspecified atom stereocenters. The van der Waals surface area contributed by atoms with Gasteiger partial charge < -0.3 is 15.0 Å². The summed E-state index contributed by atoms with van der Waals surface area (Å²) in [5, 5.41) is 14.1. The summed E-state index contributed by atoms with van der Waals surface area (Å²) in [7, 11) is -1.35. The van der Waals surface area contributed by atoms with E-state index in [9.17, 15) is 23.1 Å². The second-order valence-corrected chi connectivity index (χ2v) is 14.7. The molecule has 46 heavy (non-hydrogen) atoms. The molecule has 1 atom stereocenters. The average molecular weight is 647 g/mol. The molecule has 2 fully saturated rings. The van der Waals surface area contributed by atoms with E-state index in [-0.39, 0.29) is 47.2 Å². The van der Waals surface area contributed by atoms with Crippen molar-refractivity contribution in [3.8, 4) is 11.1 Å². The molecule has 0 bridgehead atoms. The first-order chi connectivity index (χ1) is 21.9. The lowest BCUT2D eigenvalue weighted by atomic mass is 9.94. The first-order valence-electron chi connectivity index (χ1n) is 15.5. The number of likely N-dealkylation sites (N-methyl/N-ethyl adjacent to an activating group) is 1. The first-order valence-corrected chi connectivity index (χ1v) is 17.4. The number of nitrogens with zero attached hydrogens (tertiary/aromatic N) is 3. The Balaban J connectivity index is 1.43. The topological polar surface area (TPSA) is 112 Å². The van der Waals surface area contributed by atoms with Crippen molar-refractivity contribution in [3.63, 3.8) is 0 Å². The number of hydrogen-bond donors (Lipinski definition) is 2. The van der Waals surface area contributed by atoms with E-state index in [1.807, 2.05) is 19.3 Å². The number of nitrogens with one attached hydrogen (secondary N) is 1. The van der Waals surface area contributed by atoms with E-state index in [4.69, 9.17) is 0 Å². The summed E-state index contributed by atoms with van der Waals surface area (Å²) in [4.78, 5) is 31.3. The van der Waals surface area contributed by atoms with Gasteiger partial charge >= 0.3 is 0 Å². The van der Waals surface area contributed by atoms with E-state index in [0.717, 1.165) is 48.7 Å². The number of aliphatic hydroxyl groups is 1. The summed E-state index contributed by atoms with van der Waals surface area (Å²) in [6.45, 7) is 4.72. The van der Waals surface area contributed by atoms with Gasteiger partial charge in [0.25, 0.3) is 11.5 Å². The predicted octanol–water partition coefficient (Wildman–Crippen LogP) is 3.57. The molecule has 4 aromatic rings. The number of halogens is 1. The Morgan fingerprint density at radius 2 is 1.76 bits per heavy atom. The second kappa shape index (κ2) is 12.7. The van der Waals surface area contributed by atoms with Crippen molar-refractivity contribution in [3.05, 3.63) is 99.2 Å². The Bertz CT molecular complexity index is 1970. The van der Waals surface area contributed by atoms with Gasteiger partial charge in [-0.25, -0.2) is 12.8 Å². The third-order valence-corrected chi connectivity index (χ3v) is 10.3. The molecule has 1 aromatic heterocycles. The van der Waals surface area contributed by atoms with Crippen molar-refractivity contribution in [1.82, 2.24) is 19.7 Å². The van der Waals surface area contributed by atoms with Crippen molar-refractivity contribution in [1.29, 1.82) is 0 Å². The zero-order valence-electron chi connectivity index (χ0n) is 26.3. The molecule has 0 radical (unpaired) electrons. The van der Waals surface area contributed by atoms with Gasteiger partial charge in [-0.05, 0) is 96.4 Å². The molecule has 6 rings (SSSR count). The lowest BCUT2D eigenvalue weighted by Gasteiger charge is -2.38. The van der Waals surface area contributed by atoms with Gasteiger partial charge in [-0.3, -0.25) is 19.4 Å². The molecule has 11 heteroatoms. The van der Waals surface area contributed by atoms with Crippen LogP contribution in [0.2, 0.25) is 0 Å². The monoisotopic (exact) mass is 646 g/mol. The molecule has 242 valence electrons. The smallest absolute Gasteiger partial charge is 0.258 e. The van der Waals surface area contributed by atoms with Crippen molar-refractivity contribution < 1.29 is 22.7 Å². The third-order valence-electron chi connectivity index (χ3n) is 9.17. The number of carbonyl (C=O) groups excluding carboxylic acids is 1. The maximum atomic E-state index is 15.2. The number of amides is 1. The minimum atomic E-state index is -3.35. The van der Waals surface area contributed by atoms with Gasteiger partial charge in [0.1, 0.15) is 5.82 Å². The lowest BCUT2D eigenvalue weighted by Crippen LogP contribution is -2.52. The summed E-state index contributed by atoms with van der Waals surface area (Å²) < 4.78 is 40.7. The van der Waals surface area contributed by atoms with E-state index in [2.05, 4.69) is 15.1 Å². The number of hydrogen-bond acceptors (Lipinski definition) is 7. The van der Waals surface area contributed by atoms with Crippen LogP contribution in [0, 0.1) is 12.7 Å². The fraction of sp³-hybridized carbons (Fsp3) is 0.371. The molecule has 1 amide bonds. The van der Waals surface area contributed by atoms with Crippen molar-refractivity contribution >= 4 is 26.5 Å². The molecule has 3 aromatic carbocycles. The average Bonchev–Trinajstić information content (AvgIpc) is 3.85. The highest BCUT2D eigenvalue weighted by Crippen LogP contribution is 2.31. The number of carbonyl (C=O) groups is 1. The number of rotatable bonds is 9. The van der Waals surface area contributed by atoms with Crippen molar-refractivity contribution in [2.45, 2.75) is 49.8 Å². The fourth-order valence-corrected chi connectivity index (χ4v) is 6.75. The van der Waals surface area contributed by atoms with Gasteiger partial charge in [-0.2, -0.15) is 0 Å². The molecule has 1 saturated heterocycles. The van der Waals surface area contributed by atoms with E-state index >= 15 is 4.39 Å². The Morgan fingerprint density at radius 3 is 2.43 bits per heavy atom. The van der Waals surface area contributed by atoms with Crippen LogP contribution in [0.15, 0.2) is 70.5 Å². The molecule has 9 nitrogen and oxygen atoms in total. The minimum Gasteiger partial charge on any atom is -0.395 e. The van der Waals surface area contributed by atoms with Gasteiger partial charge in [-0.1, -0.05) is 18.2 Å². The molecule has 0 spiro atoms. The maximum Gasteiger partial charge on any atom is 0.258 e. The Hall–Kier alpha value is -3.90. The molecule has 2 N–H and O–H groups in total. The van der Waals surface area contributed by atoms with E-state index < -0.39 is 15.7 Å². The summed E-state index contributed by atoms with van der Waals surface area (Å²) in [5.41, 5.74) is 3.43. The van der Waals surface area contributed by atoms with Crippen molar-refractivity contribution in [2.75, 3.05) is 39.5 Å². The molecule has 2 aliphatic rings. The summed E-state index contributed by atoms with van der Waals surface area (Å²) in [6, 6.07) is 15.1. The third kappa shape index (κ3) is 6.78. The number of sulfone groups is 1. The van der Waals surface area contributed by atoms with Gasteiger partial charge in [-0.15, -0.1) is 0 Å². The number of aliphatic hydroxyl groups excluding tert-OH is 1. The molecule has 2 heterocycles. The van der Waals surface area contributed by atoms with Crippen LogP contribution in [0.25, 0.3) is 21.9 Å². The number of pyridine rings is 1. The molecule has 1 aliphatic heterocycles. The number of aromatic nitrogens is 1. The highest BCUT2D eigenvalue weighted by atomic mass is 32.2. The maximum absolute atomic E-state index is 15.2. The highest BCUT2D eigenvalue weighted by Gasteiger charge is 2.26. The standard InChI is InChI=1S/C35H39FN4O5S/c1-22-31(15-25(16-33(22)36)34(42)37-27-7-8-27)24-6-11-30-32(14-24)26(18-39-13-12-38(2)28(20-39)21-41)19-40(35(30)43)17-23-4-9-29(10-5-23)46(3,44)45/h4-6,9-11,14-16,19,27-28,41H,7-8,12-13,17-18,20-21H2,1-3H3,(H,37,42)/t28-/m1/s1. The van der Waals surface area contributed by atoms with Gasteiger partial charge in [0, 0.05) is 61.7 Å². The molecule has 1 saturated carbocycles. The van der Waals surface area contributed by atoms with Crippen LogP contribution >= 0.6 is 0 Å². The first kappa shape index (κ1) is 32.1. The number of piperazine rings is 1. The Kier molecular flexibility index (Phi) is 8.86. The van der Waals surface area contributed by atoms with Crippen LogP contribution in [0.3, 0.4) is 0 Å². The minimum absolute atomic E-state index is 0.00927. The van der Waals surface area contributed by atoms with E-state index in [0.29, 0.717) is 35.2 Å². The van der Waals surface area contributed by atoms with E-state index in [1.165, 1.54) is 6.07 Å². The van der Waals surface area contributed by atoms with Crippen LogP contribution in [-0.2, 0) is 22.9 Å². The van der Waals surface area contributed by atoms with E-state index in [1.54, 1.807) is 54.0 Å². The van der Waals surface area contributed by atoms with Crippen LogP contribution in [0.4, 0.5) is 4.39 Å². The van der Waals surface area contributed by atoms with Gasteiger partial charge in [0.15, 0.2) is 9.84 Å². The second-order valence-electron chi connectivity index (χ2n) is 12.7.